The minimum Gasteiger partial charge on any atom is -0.372 e. The molecule has 0 radical (unpaired) electrons. The number of benzene rings is 3. The normalized spacial score (nSPS) is 19.9. The summed E-state index contributed by atoms with van der Waals surface area (Å²) in [6.45, 7) is 8.00. The molecule has 0 bridgehead atoms. The quantitative estimate of drug-likeness (QED) is 0.175. The number of amides is 3. The minimum absolute atomic E-state index is 0.208. The number of nitrogens with one attached hydrogen (secondary N) is 2. The van der Waals surface area contributed by atoms with E-state index in [0.717, 1.165) is 104 Å². The van der Waals surface area contributed by atoms with E-state index in [0.29, 0.717) is 35.5 Å². The van der Waals surface area contributed by atoms with Gasteiger partial charge in [-0.25, -0.2) is 4.79 Å². The van der Waals surface area contributed by atoms with Gasteiger partial charge in [0.15, 0.2) is 0 Å². The first kappa shape index (κ1) is 34.8. The lowest BCUT2D eigenvalue weighted by Gasteiger charge is -2.39. The molecular formula is C43H47ClN8O2. The van der Waals surface area contributed by atoms with E-state index in [1.165, 1.54) is 30.6 Å². The molecule has 4 saturated heterocycles. The van der Waals surface area contributed by atoms with Gasteiger partial charge in [0.25, 0.3) is 0 Å². The molecule has 4 aliphatic heterocycles. The Morgan fingerprint density at radius 3 is 2.30 bits per heavy atom. The first-order valence-corrected chi connectivity index (χ1v) is 20.0. The molecule has 3 aromatic carbocycles. The molecule has 11 heteroatoms. The van der Waals surface area contributed by atoms with E-state index in [2.05, 4.69) is 84.3 Å². The fourth-order valence-electron chi connectivity index (χ4n) is 9.59. The zero-order valence-electron chi connectivity index (χ0n) is 30.6. The lowest BCUT2D eigenvalue weighted by Crippen LogP contribution is -2.49. The van der Waals surface area contributed by atoms with Crippen LogP contribution in [0.25, 0.3) is 21.8 Å². The second-order valence-corrected chi connectivity index (χ2v) is 16.0. The Kier molecular flexibility index (Phi) is 9.46. The summed E-state index contributed by atoms with van der Waals surface area (Å²) in [4.78, 5) is 36.9. The average molecular weight is 743 g/mol. The molecule has 2 aromatic heterocycles. The number of carbonyl (C=O) groups excluding carboxylic acids is 2. The van der Waals surface area contributed by atoms with Crippen LogP contribution in [0, 0.1) is 17.2 Å². The molecule has 9 rings (SSSR count). The second kappa shape index (κ2) is 14.7. The van der Waals surface area contributed by atoms with E-state index >= 15 is 0 Å². The molecule has 0 atom stereocenters. The Morgan fingerprint density at radius 2 is 1.56 bits per heavy atom. The van der Waals surface area contributed by atoms with Crippen LogP contribution in [0.2, 0.25) is 5.02 Å². The molecule has 0 aliphatic carbocycles. The summed E-state index contributed by atoms with van der Waals surface area (Å²) >= 11 is 6.46. The first-order valence-electron chi connectivity index (χ1n) is 19.7. The number of urea groups is 1. The fraction of sp³-hybridized carbons (Fsp3) is 0.419. The number of nitriles is 1. The molecule has 4 fully saturated rings. The molecule has 6 heterocycles. The Labute approximate surface area is 321 Å². The highest BCUT2D eigenvalue weighted by Crippen LogP contribution is 2.38. The maximum Gasteiger partial charge on any atom is 0.328 e. The Morgan fingerprint density at radius 1 is 0.796 bits per heavy atom. The van der Waals surface area contributed by atoms with Crippen molar-refractivity contribution >= 4 is 62.4 Å². The number of piperidine rings is 3. The van der Waals surface area contributed by atoms with Crippen LogP contribution in [-0.2, 0) is 4.79 Å². The minimum atomic E-state index is -0.334. The number of halogens is 1. The number of imide groups is 1. The zero-order valence-corrected chi connectivity index (χ0v) is 31.4. The van der Waals surface area contributed by atoms with Crippen molar-refractivity contribution in [3.8, 4) is 6.07 Å². The lowest BCUT2D eigenvalue weighted by molar-refractivity contribution is -0.120. The van der Waals surface area contributed by atoms with E-state index < -0.39 is 0 Å². The van der Waals surface area contributed by atoms with Crippen LogP contribution < -0.4 is 20.0 Å². The van der Waals surface area contributed by atoms with Crippen LogP contribution in [0.15, 0.2) is 73.1 Å². The number of aromatic amines is 1. The topological polar surface area (TPSA) is 104 Å². The van der Waals surface area contributed by atoms with Crippen molar-refractivity contribution in [1.82, 2.24) is 19.8 Å². The van der Waals surface area contributed by atoms with E-state index in [9.17, 15) is 14.9 Å². The number of nitrogens with zero attached hydrogens (tertiary/aromatic N) is 6. The van der Waals surface area contributed by atoms with Crippen molar-refractivity contribution in [3.63, 3.8) is 0 Å². The monoisotopic (exact) mass is 742 g/mol. The maximum absolute atomic E-state index is 12.6. The standard InChI is InChI=1S/C43H47ClN8O2/c44-36-8-9-39(42-41(36)32(26-45)27-46-42)50-22-12-31(13-23-50)30-4-6-33(7-5-30)49-20-10-29(11-21-49)28-48-18-14-34(15-19-48)51-24-16-35-37(51)2-1-3-38(35)52-25-17-40(53)47-43(52)54/h1-9,16,24,27,29,31,34,46H,10-15,17-23,25,28H2,(H,47,53,54). The van der Waals surface area contributed by atoms with Crippen molar-refractivity contribution in [1.29, 1.82) is 5.26 Å². The number of hydrogen-bond acceptors (Lipinski definition) is 6. The number of H-pyrrole nitrogens is 1. The average Bonchev–Trinajstić information content (AvgIpc) is 3.85. The summed E-state index contributed by atoms with van der Waals surface area (Å²) in [6, 6.07) is 24.1. The van der Waals surface area contributed by atoms with Crippen LogP contribution in [0.1, 0.15) is 68.0 Å². The number of rotatable bonds is 7. The maximum atomic E-state index is 12.6. The van der Waals surface area contributed by atoms with Crippen LogP contribution in [0.5, 0.6) is 0 Å². The first-order chi connectivity index (χ1) is 26.4. The van der Waals surface area contributed by atoms with Gasteiger partial charge in [-0.2, -0.15) is 5.26 Å². The van der Waals surface area contributed by atoms with Gasteiger partial charge in [-0.05, 0) is 98.4 Å². The van der Waals surface area contributed by atoms with E-state index in [4.69, 9.17) is 11.6 Å². The molecule has 2 N–H and O–H groups in total. The molecule has 54 heavy (non-hydrogen) atoms. The van der Waals surface area contributed by atoms with Crippen molar-refractivity contribution in [2.75, 3.05) is 67.1 Å². The van der Waals surface area contributed by atoms with Crippen molar-refractivity contribution in [2.24, 2.45) is 5.92 Å². The summed E-state index contributed by atoms with van der Waals surface area (Å²) in [7, 11) is 0. The van der Waals surface area contributed by atoms with Gasteiger partial charge >= 0.3 is 6.03 Å². The van der Waals surface area contributed by atoms with Gasteiger partial charge in [0.1, 0.15) is 6.07 Å². The van der Waals surface area contributed by atoms with Gasteiger partial charge in [-0.15, -0.1) is 0 Å². The Balaban J connectivity index is 0.744. The molecule has 0 spiro atoms. The summed E-state index contributed by atoms with van der Waals surface area (Å²) in [6.07, 6.45) is 11.2. The predicted octanol–water partition coefficient (Wildman–Crippen LogP) is 8.03. The molecule has 0 saturated carbocycles. The molecule has 5 aromatic rings. The second-order valence-electron chi connectivity index (χ2n) is 15.6. The highest BCUT2D eigenvalue weighted by Gasteiger charge is 2.29. The number of fused-ring (bicyclic) bond motifs is 2. The van der Waals surface area contributed by atoms with Gasteiger partial charge in [0.2, 0.25) is 5.91 Å². The highest BCUT2D eigenvalue weighted by atomic mass is 35.5. The van der Waals surface area contributed by atoms with Crippen LogP contribution in [-0.4, -0.2) is 78.7 Å². The van der Waals surface area contributed by atoms with Crippen molar-refractivity contribution in [3.05, 3.63) is 89.2 Å². The lowest BCUT2D eigenvalue weighted by atomic mass is 9.88. The Hall–Kier alpha value is -4.98. The van der Waals surface area contributed by atoms with Gasteiger partial charge in [-0.1, -0.05) is 29.8 Å². The molecule has 278 valence electrons. The zero-order chi connectivity index (χ0) is 36.8. The van der Waals surface area contributed by atoms with Crippen LogP contribution in [0.3, 0.4) is 0 Å². The van der Waals surface area contributed by atoms with Gasteiger partial charge < -0.3 is 24.3 Å². The van der Waals surface area contributed by atoms with Gasteiger partial charge in [-0.3, -0.25) is 15.0 Å². The summed E-state index contributed by atoms with van der Waals surface area (Å²) in [5.74, 6) is 1.08. The number of carbonyl (C=O) groups is 2. The van der Waals surface area contributed by atoms with E-state index in [1.807, 2.05) is 18.2 Å². The highest BCUT2D eigenvalue weighted by molar-refractivity contribution is 6.36. The molecule has 4 aliphatic rings. The summed E-state index contributed by atoms with van der Waals surface area (Å²) in [5.41, 5.74) is 7.50. The molecule has 0 unspecified atom stereocenters. The SMILES string of the molecule is N#Cc1c[nH]c2c(N3CCC(c4ccc(N5CCC(CN6CCC(n7ccc8c(N9CCC(=O)NC9=O)cccc87)CC6)CC5)cc4)CC3)ccc(Cl)c12. The van der Waals surface area contributed by atoms with Crippen molar-refractivity contribution < 1.29 is 9.59 Å². The largest absolute Gasteiger partial charge is 0.372 e. The summed E-state index contributed by atoms with van der Waals surface area (Å²) in [5, 5.41) is 14.5. The van der Waals surface area contributed by atoms with Crippen LogP contribution in [0.4, 0.5) is 21.9 Å². The van der Waals surface area contributed by atoms with Gasteiger partial charge in [0.05, 0.1) is 33.0 Å². The van der Waals surface area contributed by atoms with E-state index in [1.54, 1.807) is 11.1 Å². The number of hydrogen-bond donors (Lipinski definition) is 2. The predicted molar refractivity (Wildman–Crippen MR) is 216 cm³/mol. The third-order valence-electron chi connectivity index (χ3n) is 12.6. The smallest absolute Gasteiger partial charge is 0.328 e. The molecule has 3 amide bonds. The number of likely N-dealkylation sites (tertiary alicyclic amines) is 1. The van der Waals surface area contributed by atoms with E-state index in [-0.39, 0.29) is 11.9 Å². The number of anilines is 3. The van der Waals surface area contributed by atoms with Gasteiger partial charge in [0, 0.05) is 93.7 Å². The third kappa shape index (κ3) is 6.58. The summed E-state index contributed by atoms with van der Waals surface area (Å²) < 4.78 is 2.41. The fourth-order valence-corrected chi connectivity index (χ4v) is 9.85. The third-order valence-corrected chi connectivity index (χ3v) is 12.9. The Bertz CT molecular complexity index is 2210. The molecular weight excluding hydrogens is 696 g/mol. The molecule has 10 nitrogen and oxygen atoms in total. The van der Waals surface area contributed by atoms with Crippen molar-refractivity contribution in [2.45, 2.75) is 56.9 Å². The van der Waals surface area contributed by atoms with Crippen LogP contribution >= 0.6 is 11.6 Å². The number of aromatic nitrogens is 2.